The van der Waals surface area contributed by atoms with Gasteiger partial charge in [-0.3, -0.25) is 9.69 Å². The number of likely N-dealkylation sites (tertiary alicyclic amines) is 1. The van der Waals surface area contributed by atoms with E-state index in [1.807, 2.05) is 54.9 Å². The summed E-state index contributed by atoms with van der Waals surface area (Å²) >= 11 is 0. The first kappa shape index (κ1) is 37.9. The van der Waals surface area contributed by atoms with Gasteiger partial charge in [-0.05, 0) is 93.2 Å². The van der Waals surface area contributed by atoms with E-state index in [0.717, 1.165) is 48.8 Å². The quantitative estimate of drug-likeness (QED) is 0.109. The smallest absolute Gasteiger partial charge is 0.323 e. The largest absolute Gasteiger partial charge is 0.493 e. The molecule has 2 aliphatic rings. The number of aromatic nitrogens is 3. The first-order valence-corrected chi connectivity index (χ1v) is 20.1. The molecule has 274 valence electrons. The topological polar surface area (TPSA) is 174 Å². The van der Waals surface area contributed by atoms with E-state index in [2.05, 4.69) is 9.88 Å². The van der Waals surface area contributed by atoms with Crippen molar-refractivity contribution in [3.8, 4) is 11.6 Å². The Balaban J connectivity index is 1.12. The highest BCUT2D eigenvalue weighted by molar-refractivity contribution is 7.90. The van der Waals surface area contributed by atoms with Crippen LogP contribution in [0.1, 0.15) is 71.0 Å². The highest BCUT2D eigenvalue weighted by atomic mass is 32.2. The molecule has 3 aromatic rings. The van der Waals surface area contributed by atoms with Crippen LogP contribution < -0.4 is 10.5 Å². The van der Waals surface area contributed by atoms with E-state index in [1.165, 1.54) is 12.5 Å². The molecule has 3 heterocycles. The van der Waals surface area contributed by atoms with Gasteiger partial charge in [-0.25, -0.2) is 18.4 Å². The van der Waals surface area contributed by atoms with Crippen LogP contribution in [0.2, 0.25) is 0 Å². The summed E-state index contributed by atoms with van der Waals surface area (Å²) < 4.78 is 36.6. The molecule has 0 amide bonds. The molecule has 5 rings (SSSR count). The van der Waals surface area contributed by atoms with Crippen LogP contribution in [0.25, 0.3) is 16.7 Å². The maximum atomic E-state index is 12.4. The average Bonchev–Trinajstić information content (AvgIpc) is 3.56. The third kappa shape index (κ3) is 9.68. The van der Waals surface area contributed by atoms with Crippen LogP contribution in [0.15, 0.2) is 42.7 Å². The third-order valence-electron chi connectivity index (χ3n) is 10.7. The van der Waals surface area contributed by atoms with Crippen molar-refractivity contribution >= 4 is 32.9 Å². The molecule has 4 atom stereocenters. The van der Waals surface area contributed by atoms with Gasteiger partial charge in [0.1, 0.15) is 45.6 Å². The summed E-state index contributed by atoms with van der Waals surface area (Å²) in [5.74, 6) is 2.44. The number of rotatable bonds is 16. The minimum Gasteiger partial charge on any atom is -0.493 e. The number of nitrogens with two attached hydrogens (primary N) is 1. The van der Waals surface area contributed by atoms with Gasteiger partial charge < -0.3 is 30.3 Å². The number of hydrogen-bond donors (Lipinski definition) is 3. The lowest BCUT2D eigenvalue weighted by Gasteiger charge is -2.41. The second-order valence-electron chi connectivity index (χ2n) is 14.2. The van der Waals surface area contributed by atoms with Gasteiger partial charge in [0.2, 0.25) is 0 Å². The number of aliphatic hydroxyl groups is 1. The number of fused-ring (bicyclic) bond motifs is 1. The number of nitrogens with zero attached hydrogens (tertiary/aromatic N) is 4. The molecule has 2 aromatic heterocycles. The molecule has 1 aliphatic carbocycles. The fourth-order valence-corrected chi connectivity index (χ4v) is 7.96. The van der Waals surface area contributed by atoms with Crippen molar-refractivity contribution in [3.05, 3.63) is 48.5 Å². The summed E-state index contributed by atoms with van der Waals surface area (Å²) in [6.07, 6.45) is 12.6. The highest BCUT2D eigenvalue weighted by Gasteiger charge is 2.35. The predicted molar refractivity (Wildman–Crippen MR) is 194 cm³/mol. The molecule has 13 heteroatoms. The molecule has 50 heavy (non-hydrogen) atoms. The predicted octanol–water partition coefficient (Wildman–Crippen LogP) is 4.55. The number of ether oxygens (including phenoxy) is 2. The van der Waals surface area contributed by atoms with Crippen LogP contribution in [0.3, 0.4) is 0 Å². The zero-order valence-corrected chi connectivity index (χ0v) is 30.4. The molecule has 2 fully saturated rings. The molecule has 1 aliphatic heterocycles. The van der Waals surface area contributed by atoms with Crippen molar-refractivity contribution in [2.75, 3.05) is 31.7 Å². The van der Waals surface area contributed by atoms with Crippen LogP contribution in [-0.2, 0) is 25.8 Å². The van der Waals surface area contributed by atoms with E-state index in [-0.39, 0.29) is 35.6 Å². The second-order valence-corrected chi connectivity index (χ2v) is 16.5. The summed E-state index contributed by atoms with van der Waals surface area (Å²) in [6, 6.07) is 9.03. The van der Waals surface area contributed by atoms with Gasteiger partial charge in [0.25, 0.3) is 0 Å². The van der Waals surface area contributed by atoms with Crippen LogP contribution >= 0.6 is 0 Å². The SMILES string of the molecule is CC[C@H](C)[C@@H](N)C(=O)OC1CCN(C(O)C2CCC(C(C=N)Cc3nccc(-n4ccc5c(OCCCS(C)(=O)=O)cccc54)n3)CC2)CC1. The number of sulfone groups is 1. The molecule has 0 spiro atoms. The van der Waals surface area contributed by atoms with Crippen LogP contribution in [0, 0.1) is 29.1 Å². The van der Waals surface area contributed by atoms with E-state index in [0.29, 0.717) is 62.9 Å². The van der Waals surface area contributed by atoms with Gasteiger partial charge in [0, 0.05) is 49.5 Å². The molecule has 12 nitrogen and oxygen atoms in total. The van der Waals surface area contributed by atoms with E-state index in [1.54, 1.807) is 6.20 Å². The minimum atomic E-state index is -3.03. The molecule has 2 unspecified atom stereocenters. The Kier molecular flexibility index (Phi) is 13.0. The van der Waals surface area contributed by atoms with E-state index in [4.69, 9.17) is 25.6 Å². The number of carbonyl (C=O) groups is 1. The van der Waals surface area contributed by atoms with E-state index >= 15 is 0 Å². The van der Waals surface area contributed by atoms with E-state index in [9.17, 15) is 18.3 Å². The lowest BCUT2D eigenvalue weighted by Crippen LogP contribution is -2.48. The van der Waals surface area contributed by atoms with Crippen molar-refractivity contribution in [3.63, 3.8) is 0 Å². The first-order valence-electron chi connectivity index (χ1n) is 18.1. The molecular formula is C37H54N6O6S. The standard InChI is InChI=1S/C37H54N6O6S/c1-4-25(2)35(39)37(45)49-29-14-18-42(19-15-29)36(44)27-11-9-26(10-12-27)28(24-38)23-33-40-17-13-34(41-33)43-20-16-30-31(43)7-5-8-32(30)48-21-6-22-50(3,46)47/h5,7-8,13,16-17,20,24-29,35-36,38,44H,4,6,9-12,14-15,18-19,21-23,39H2,1-3H3/t25-,26?,27?,28?,35+,36?/m0/s1. The van der Waals surface area contributed by atoms with Crippen molar-refractivity contribution in [1.82, 2.24) is 19.4 Å². The summed E-state index contributed by atoms with van der Waals surface area (Å²) in [5, 5.41) is 20.5. The third-order valence-corrected chi connectivity index (χ3v) is 11.7. The Morgan fingerprint density at radius 3 is 2.52 bits per heavy atom. The summed E-state index contributed by atoms with van der Waals surface area (Å²) in [5.41, 5.74) is 6.98. The maximum absolute atomic E-state index is 12.4. The monoisotopic (exact) mass is 710 g/mol. The zero-order chi connectivity index (χ0) is 35.8. The van der Waals surface area contributed by atoms with Gasteiger partial charge in [0.05, 0.1) is 17.9 Å². The Morgan fingerprint density at radius 2 is 1.84 bits per heavy atom. The summed E-state index contributed by atoms with van der Waals surface area (Å²) in [6.45, 7) is 5.66. The van der Waals surface area contributed by atoms with Crippen LogP contribution in [-0.4, -0.2) is 95.2 Å². The van der Waals surface area contributed by atoms with Crippen molar-refractivity contribution < 1.29 is 27.8 Å². The Hall–Kier alpha value is -3.39. The van der Waals surface area contributed by atoms with Gasteiger partial charge in [-0.2, -0.15) is 0 Å². The normalized spacial score (nSPS) is 21.7. The minimum absolute atomic E-state index is 0.00363. The molecule has 1 saturated carbocycles. The molecule has 1 aromatic carbocycles. The Bertz CT molecular complexity index is 1680. The Morgan fingerprint density at radius 1 is 1.12 bits per heavy atom. The fourth-order valence-electron chi connectivity index (χ4n) is 7.32. The van der Waals surface area contributed by atoms with Gasteiger partial charge in [-0.1, -0.05) is 26.3 Å². The van der Waals surface area contributed by atoms with Crippen molar-refractivity contribution in [2.45, 2.75) is 90.0 Å². The highest BCUT2D eigenvalue weighted by Crippen LogP contribution is 2.37. The lowest BCUT2D eigenvalue weighted by atomic mass is 9.74. The molecule has 0 radical (unpaired) electrons. The maximum Gasteiger partial charge on any atom is 0.323 e. The summed E-state index contributed by atoms with van der Waals surface area (Å²) in [4.78, 5) is 24.0. The Labute approximate surface area is 296 Å². The van der Waals surface area contributed by atoms with E-state index < -0.39 is 22.1 Å². The number of esters is 1. The average molecular weight is 711 g/mol. The first-order chi connectivity index (χ1) is 24.0. The van der Waals surface area contributed by atoms with Gasteiger partial charge in [0.15, 0.2) is 0 Å². The summed E-state index contributed by atoms with van der Waals surface area (Å²) in [7, 11) is -3.03. The molecular weight excluding hydrogens is 657 g/mol. The van der Waals surface area contributed by atoms with Crippen LogP contribution in [0.4, 0.5) is 0 Å². The molecule has 4 N–H and O–H groups in total. The second kappa shape index (κ2) is 17.2. The fraction of sp³-hybridized carbons (Fsp3) is 0.622. The number of carbonyl (C=O) groups excluding carboxylic acids is 1. The van der Waals surface area contributed by atoms with Crippen LogP contribution in [0.5, 0.6) is 5.75 Å². The van der Waals surface area contributed by atoms with Crippen molar-refractivity contribution in [1.29, 1.82) is 5.41 Å². The number of benzene rings is 1. The van der Waals surface area contributed by atoms with Gasteiger partial charge in [-0.15, -0.1) is 0 Å². The number of aliphatic hydroxyl groups excluding tert-OH is 1. The lowest BCUT2D eigenvalue weighted by molar-refractivity contribution is -0.156. The molecule has 1 saturated heterocycles. The van der Waals surface area contributed by atoms with Gasteiger partial charge >= 0.3 is 5.97 Å². The molecule has 0 bridgehead atoms. The van der Waals surface area contributed by atoms with Crippen molar-refractivity contribution in [2.24, 2.45) is 29.4 Å². The zero-order valence-electron chi connectivity index (χ0n) is 29.6. The number of piperidine rings is 1. The number of hydrogen-bond acceptors (Lipinski definition) is 11. The number of nitrogens with one attached hydrogen (secondary N) is 1.